The fraction of sp³-hybridized carbons (Fsp3) is 0.857. The molecule has 0 aliphatic carbocycles. The van der Waals surface area contributed by atoms with E-state index in [9.17, 15) is 0 Å². The Bertz CT molecular complexity index is 114. The first-order valence-electron chi connectivity index (χ1n) is 3.63. The van der Waals surface area contributed by atoms with Gasteiger partial charge >= 0.3 is 0 Å². The predicted molar refractivity (Wildman–Crippen MR) is 37.9 cm³/mol. The lowest BCUT2D eigenvalue weighted by Gasteiger charge is -2.50. The van der Waals surface area contributed by atoms with E-state index >= 15 is 0 Å². The molecule has 2 aliphatic heterocycles. The van der Waals surface area contributed by atoms with E-state index in [1.54, 1.807) is 0 Å². The highest BCUT2D eigenvalue weighted by Gasteiger charge is 2.34. The van der Waals surface area contributed by atoms with Gasteiger partial charge in [-0.15, -0.1) is 0 Å². The average molecular weight is 143 g/mol. The fourth-order valence-corrected chi connectivity index (χ4v) is 1.24. The number of carboxylic acids is 1. The molecule has 2 saturated heterocycles. The van der Waals surface area contributed by atoms with Crippen LogP contribution in [-0.4, -0.2) is 35.1 Å². The van der Waals surface area contributed by atoms with Crippen LogP contribution in [0.5, 0.6) is 0 Å². The molecule has 0 bridgehead atoms. The van der Waals surface area contributed by atoms with Gasteiger partial charge in [-0.1, -0.05) is 0 Å². The Kier molecular flexibility index (Phi) is 2.27. The molecule has 0 aromatic carbocycles. The van der Waals surface area contributed by atoms with Gasteiger partial charge < -0.3 is 10.0 Å². The van der Waals surface area contributed by atoms with Crippen LogP contribution in [-0.2, 0) is 4.79 Å². The smallest absolute Gasteiger partial charge is 0.300 e. The quantitative estimate of drug-likeness (QED) is 0.538. The van der Waals surface area contributed by atoms with Crippen molar-refractivity contribution in [2.24, 2.45) is 0 Å². The third-order valence-corrected chi connectivity index (χ3v) is 2.02. The molecule has 0 atom stereocenters. The molecule has 2 heterocycles. The van der Waals surface area contributed by atoms with Gasteiger partial charge in [0.25, 0.3) is 5.97 Å². The summed E-state index contributed by atoms with van der Waals surface area (Å²) in [5.74, 6) is -0.833. The third kappa shape index (κ3) is 1.70. The first-order valence-corrected chi connectivity index (χ1v) is 3.63. The van der Waals surface area contributed by atoms with Crippen molar-refractivity contribution in [1.82, 2.24) is 4.90 Å². The lowest BCUT2D eigenvalue weighted by Crippen LogP contribution is -2.57. The second kappa shape index (κ2) is 3.01. The Morgan fingerprint density at radius 1 is 1.50 bits per heavy atom. The van der Waals surface area contributed by atoms with E-state index in [1.165, 1.54) is 25.9 Å². The van der Waals surface area contributed by atoms with Crippen molar-refractivity contribution in [1.29, 1.82) is 0 Å². The zero-order chi connectivity index (χ0) is 7.56. The maximum Gasteiger partial charge on any atom is 0.300 e. The van der Waals surface area contributed by atoms with Crippen LogP contribution < -0.4 is 0 Å². The topological polar surface area (TPSA) is 40.5 Å². The highest BCUT2D eigenvalue weighted by molar-refractivity contribution is 5.62. The number of aliphatic carboxylic acids is 1. The second-order valence-electron chi connectivity index (χ2n) is 2.79. The molecule has 0 amide bonds. The van der Waals surface area contributed by atoms with Crippen LogP contribution >= 0.6 is 0 Å². The molecule has 0 unspecified atom stereocenters. The first-order chi connectivity index (χ1) is 4.70. The molecule has 10 heavy (non-hydrogen) atoms. The molecule has 0 aromatic rings. The van der Waals surface area contributed by atoms with Crippen LogP contribution in [0.4, 0.5) is 0 Å². The van der Waals surface area contributed by atoms with Crippen LogP contribution in [0, 0.1) is 0 Å². The van der Waals surface area contributed by atoms with Crippen molar-refractivity contribution in [2.75, 3.05) is 13.1 Å². The third-order valence-electron chi connectivity index (χ3n) is 2.02. The standard InChI is InChI=1S/C5H9N.C2H4O2/c1-3-6-4-2-5(1)6;1-2(3)4/h5H,1-4H2;1H3,(H,3,4). The summed E-state index contributed by atoms with van der Waals surface area (Å²) in [6.45, 7) is 3.87. The van der Waals surface area contributed by atoms with Crippen molar-refractivity contribution < 1.29 is 9.90 Å². The minimum atomic E-state index is -0.833. The molecule has 2 aliphatic rings. The number of fused-ring (bicyclic) bond motifs is 1. The molecular weight excluding hydrogens is 130 g/mol. The Morgan fingerprint density at radius 2 is 1.80 bits per heavy atom. The minimum absolute atomic E-state index is 0.833. The van der Waals surface area contributed by atoms with Gasteiger partial charge in [-0.05, 0) is 25.9 Å². The highest BCUT2D eigenvalue weighted by atomic mass is 16.4. The summed E-state index contributed by atoms with van der Waals surface area (Å²) < 4.78 is 0. The van der Waals surface area contributed by atoms with Crippen molar-refractivity contribution in [2.45, 2.75) is 25.8 Å². The fourth-order valence-electron chi connectivity index (χ4n) is 1.24. The van der Waals surface area contributed by atoms with Gasteiger partial charge in [0.05, 0.1) is 0 Å². The highest BCUT2D eigenvalue weighted by Crippen LogP contribution is 2.28. The van der Waals surface area contributed by atoms with E-state index in [4.69, 9.17) is 9.90 Å². The molecule has 0 spiro atoms. The van der Waals surface area contributed by atoms with Crippen molar-refractivity contribution in [3.05, 3.63) is 0 Å². The minimum Gasteiger partial charge on any atom is -0.481 e. The lowest BCUT2D eigenvalue weighted by molar-refractivity contribution is -0.134. The summed E-state index contributed by atoms with van der Waals surface area (Å²) in [5.41, 5.74) is 0. The van der Waals surface area contributed by atoms with Crippen molar-refractivity contribution in [3.8, 4) is 0 Å². The summed E-state index contributed by atoms with van der Waals surface area (Å²) in [4.78, 5) is 11.5. The van der Waals surface area contributed by atoms with Gasteiger partial charge in [0.15, 0.2) is 0 Å². The molecule has 1 N–H and O–H groups in total. The normalized spacial score (nSPS) is 22.9. The number of hydrogen-bond acceptors (Lipinski definition) is 2. The number of carboxylic acid groups (broad SMARTS) is 1. The molecular formula is C7H13NO2. The van der Waals surface area contributed by atoms with Crippen LogP contribution in [0.25, 0.3) is 0 Å². The molecule has 3 nitrogen and oxygen atoms in total. The Hall–Kier alpha value is -0.570. The van der Waals surface area contributed by atoms with Crippen LogP contribution in [0.3, 0.4) is 0 Å². The van der Waals surface area contributed by atoms with E-state index in [1.807, 2.05) is 0 Å². The lowest BCUT2D eigenvalue weighted by atomic mass is 9.91. The van der Waals surface area contributed by atoms with Gasteiger partial charge in [-0.25, -0.2) is 0 Å². The first kappa shape index (κ1) is 7.54. The molecule has 58 valence electrons. The van der Waals surface area contributed by atoms with Gasteiger partial charge in [0.2, 0.25) is 0 Å². The van der Waals surface area contributed by atoms with Crippen molar-refractivity contribution in [3.63, 3.8) is 0 Å². The molecule has 3 heteroatoms. The Balaban J connectivity index is 0.000000112. The zero-order valence-electron chi connectivity index (χ0n) is 6.21. The number of hydrogen-bond donors (Lipinski definition) is 1. The summed E-state index contributed by atoms with van der Waals surface area (Å²) in [7, 11) is 0. The molecule has 0 radical (unpaired) electrons. The zero-order valence-corrected chi connectivity index (χ0v) is 6.21. The van der Waals surface area contributed by atoms with Crippen molar-refractivity contribution >= 4 is 5.97 Å². The molecule has 0 aromatic heterocycles. The largest absolute Gasteiger partial charge is 0.481 e. The number of nitrogens with zero attached hydrogens (tertiary/aromatic N) is 1. The van der Waals surface area contributed by atoms with Gasteiger partial charge in [-0.3, -0.25) is 4.79 Å². The van der Waals surface area contributed by atoms with E-state index < -0.39 is 5.97 Å². The van der Waals surface area contributed by atoms with Crippen LogP contribution in [0.1, 0.15) is 19.8 Å². The number of rotatable bonds is 0. The number of carbonyl (C=O) groups is 1. The van der Waals surface area contributed by atoms with E-state index in [0.29, 0.717) is 0 Å². The summed E-state index contributed by atoms with van der Waals surface area (Å²) in [6, 6.07) is 1.05. The monoisotopic (exact) mass is 143 g/mol. The average Bonchev–Trinajstić information content (AvgIpc) is 1.77. The number of piperidine rings is 1. The SMILES string of the molecule is C1CN2CCC12.CC(=O)O. The molecule has 2 rings (SSSR count). The van der Waals surface area contributed by atoms with Gasteiger partial charge in [0.1, 0.15) is 0 Å². The van der Waals surface area contributed by atoms with Crippen LogP contribution in [0.15, 0.2) is 0 Å². The Labute approximate surface area is 60.6 Å². The van der Waals surface area contributed by atoms with E-state index in [-0.39, 0.29) is 0 Å². The van der Waals surface area contributed by atoms with E-state index in [2.05, 4.69) is 4.90 Å². The molecule has 0 saturated carbocycles. The summed E-state index contributed by atoms with van der Waals surface area (Å²) in [5, 5.41) is 7.42. The van der Waals surface area contributed by atoms with E-state index in [0.717, 1.165) is 13.0 Å². The maximum absolute atomic E-state index is 9.00. The van der Waals surface area contributed by atoms with Gasteiger partial charge in [-0.2, -0.15) is 0 Å². The van der Waals surface area contributed by atoms with Crippen LogP contribution in [0.2, 0.25) is 0 Å². The molecule has 2 fully saturated rings. The van der Waals surface area contributed by atoms with Gasteiger partial charge in [0, 0.05) is 13.0 Å². The summed E-state index contributed by atoms with van der Waals surface area (Å²) >= 11 is 0. The Morgan fingerprint density at radius 3 is 1.80 bits per heavy atom. The summed E-state index contributed by atoms with van der Waals surface area (Å²) in [6.07, 6.45) is 2.97. The second-order valence-corrected chi connectivity index (χ2v) is 2.79. The predicted octanol–water partition coefficient (Wildman–Crippen LogP) is 0.555. The maximum atomic E-state index is 9.00.